The van der Waals surface area contributed by atoms with Crippen LogP contribution in [0.15, 0.2) is 52.9 Å². The van der Waals surface area contributed by atoms with E-state index in [2.05, 4.69) is 15.1 Å². The van der Waals surface area contributed by atoms with Crippen molar-refractivity contribution in [3.05, 3.63) is 65.5 Å². The van der Waals surface area contributed by atoms with Crippen molar-refractivity contribution in [3.63, 3.8) is 0 Å². The van der Waals surface area contributed by atoms with Gasteiger partial charge in [-0.3, -0.25) is 4.31 Å². The standard InChI is InChI=1S/C26H30F2N4O4S/c1-17-3-2-4-20(13-17)32(37(34,35)23-9-11-31(12-10-23)21-14-22(33)15-21)16-18-5-7-19(8-6-18)25-29-30-26(36-25)24(27)28/h2-8,13,21-24,33H,9-12,14-16H2,1H3. The van der Waals surface area contributed by atoms with Gasteiger partial charge in [0.1, 0.15) is 0 Å². The van der Waals surface area contributed by atoms with Crippen LogP contribution in [0.5, 0.6) is 0 Å². The zero-order valence-electron chi connectivity index (χ0n) is 20.5. The molecule has 11 heteroatoms. The maximum Gasteiger partial charge on any atom is 0.314 e. The summed E-state index contributed by atoms with van der Waals surface area (Å²) >= 11 is 0. The Hall–Kier alpha value is -2.89. The molecule has 1 aliphatic carbocycles. The number of halogens is 2. The van der Waals surface area contributed by atoms with E-state index < -0.39 is 27.6 Å². The number of aliphatic hydroxyl groups excluding tert-OH is 1. The quantitative estimate of drug-likeness (QED) is 0.462. The van der Waals surface area contributed by atoms with Crippen LogP contribution in [-0.4, -0.2) is 59.1 Å². The maximum atomic E-state index is 13.9. The Morgan fingerprint density at radius 2 is 1.81 bits per heavy atom. The van der Waals surface area contributed by atoms with Crippen molar-refractivity contribution in [3.8, 4) is 11.5 Å². The predicted octanol–water partition coefficient (Wildman–Crippen LogP) is 4.31. The van der Waals surface area contributed by atoms with Crippen LogP contribution in [0.25, 0.3) is 11.5 Å². The highest BCUT2D eigenvalue weighted by Gasteiger charge is 2.39. The first-order valence-electron chi connectivity index (χ1n) is 12.4. The average Bonchev–Trinajstić information content (AvgIpc) is 3.37. The molecule has 0 radical (unpaired) electrons. The highest BCUT2D eigenvalue weighted by Crippen LogP contribution is 2.33. The molecule has 1 aliphatic heterocycles. The van der Waals surface area contributed by atoms with Crippen LogP contribution in [0.3, 0.4) is 0 Å². The molecule has 3 aromatic rings. The number of hydrogen-bond donors (Lipinski definition) is 1. The molecular weight excluding hydrogens is 502 g/mol. The second-order valence-electron chi connectivity index (χ2n) is 9.85. The summed E-state index contributed by atoms with van der Waals surface area (Å²) in [5.41, 5.74) is 2.77. The van der Waals surface area contributed by atoms with Gasteiger partial charge in [0.05, 0.1) is 23.6 Å². The number of hydrogen-bond acceptors (Lipinski definition) is 7. The Balaban J connectivity index is 1.35. The van der Waals surface area contributed by atoms with Gasteiger partial charge in [-0.15, -0.1) is 10.2 Å². The molecule has 0 amide bonds. The minimum atomic E-state index is -3.68. The van der Waals surface area contributed by atoms with Crippen molar-refractivity contribution in [2.45, 2.75) is 63.0 Å². The summed E-state index contributed by atoms with van der Waals surface area (Å²) in [6.07, 6.45) is -0.479. The molecule has 2 heterocycles. The number of likely N-dealkylation sites (tertiary alicyclic amines) is 1. The average molecular weight is 533 g/mol. The molecule has 0 bridgehead atoms. The molecule has 5 rings (SSSR count). The molecule has 1 N–H and O–H groups in total. The number of benzene rings is 2. The van der Waals surface area contributed by atoms with Gasteiger partial charge >= 0.3 is 6.43 Å². The Kier molecular flexibility index (Phi) is 7.28. The summed E-state index contributed by atoms with van der Waals surface area (Å²) < 4.78 is 59.9. The van der Waals surface area contributed by atoms with Crippen LogP contribution >= 0.6 is 0 Å². The van der Waals surface area contributed by atoms with Crippen LogP contribution < -0.4 is 4.31 Å². The molecule has 37 heavy (non-hydrogen) atoms. The topological polar surface area (TPSA) is 99.8 Å². The molecule has 0 unspecified atom stereocenters. The molecule has 2 aromatic carbocycles. The lowest BCUT2D eigenvalue weighted by Crippen LogP contribution is -2.52. The first kappa shape index (κ1) is 25.7. The van der Waals surface area contributed by atoms with E-state index >= 15 is 0 Å². The second-order valence-corrected chi connectivity index (χ2v) is 12.0. The second kappa shape index (κ2) is 10.5. The summed E-state index contributed by atoms with van der Waals surface area (Å²) in [6, 6.07) is 14.6. The smallest absolute Gasteiger partial charge is 0.314 e. The first-order chi connectivity index (χ1) is 17.7. The van der Waals surface area contributed by atoms with E-state index in [0.29, 0.717) is 43.2 Å². The van der Waals surface area contributed by atoms with Crippen molar-refractivity contribution in [2.24, 2.45) is 0 Å². The summed E-state index contributed by atoms with van der Waals surface area (Å²) in [5.74, 6) is -0.758. The Morgan fingerprint density at radius 3 is 2.41 bits per heavy atom. The van der Waals surface area contributed by atoms with Crippen molar-refractivity contribution in [1.82, 2.24) is 15.1 Å². The zero-order chi connectivity index (χ0) is 26.2. The van der Waals surface area contributed by atoms with E-state index in [9.17, 15) is 22.3 Å². The number of aliphatic hydroxyl groups is 1. The van der Waals surface area contributed by atoms with Crippen molar-refractivity contribution >= 4 is 15.7 Å². The van der Waals surface area contributed by atoms with E-state index in [1.807, 2.05) is 25.1 Å². The number of sulfonamides is 1. The highest BCUT2D eigenvalue weighted by atomic mass is 32.2. The lowest BCUT2D eigenvalue weighted by atomic mass is 9.87. The van der Waals surface area contributed by atoms with Gasteiger partial charge in [-0.1, -0.05) is 24.3 Å². The molecular formula is C26H30F2N4O4S. The van der Waals surface area contributed by atoms with E-state index in [0.717, 1.165) is 24.0 Å². The number of anilines is 1. The van der Waals surface area contributed by atoms with E-state index in [1.54, 1.807) is 30.3 Å². The third-order valence-corrected chi connectivity index (χ3v) is 9.52. The molecule has 2 fully saturated rings. The van der Waals surface area contributed by atoms with Crippen LogP contribution in [-0.2, 0) is 16.6 Å². The summed E-state index contributed by atoms with van der Waals surface area (Å²) in [5, 5.41) is 16.1. The zero-order valence-corrected chi connectivity index (χ0v) is 21.3. The molecule has 1 saturated carbocycles. The van der Waals surface area contributed by atoms with Gasteiger partial charge in [0.15, 0.2) is 0 Å². The normalized spacial score (nSPS) is 21.2. The number of alkyl halides is 2. The minimum absolute atomic E-state index is 0.0178. The largest absolute Gasteiger partial charge is 0.415 e. The molecule has 8 nitrogen and oxygen atoms in total. The number of aryl methyl sites for hydroxylation is 1. The van der Waals surface area contributed by atoms with Gasteiger partial charge in [0, 0.05) is 11.6 Å². The molecule has 2 aliphatic rings. The van der Waals surface area contributed by atoms with E-state index in [1.165, 1.54) is 4.31 Å². The molecule has 0 atom stereocenters. The third kappa shape index (κ3) is 5.53. The van der Waals surface area contributed by atoms with Crippen molar-refractivity contribution < 1.29 is 26.7 Å². The number of nitrogens with zero attached hydrogens (tertiary/aromatic N) is 4. The van der Waals surface area contributed by atoms with Crippen molar-refractivity contribution in [1.29, 1.82) is 0 Å². The first-order valence-corrected chi connectivity index (χ1v) is 13.9. The van der Waals surface area contributed by atoms with Gasteiger partial charge in [-0.2, -0.15) is 8.78 Å². The lowest BCUT2D eigenvalue weighted by molar-refractivity contribution is -0.00510. The van der Waals surface area contributed by atoms with E-state index in [4.69, 9.17) is 4.42 Å². The number of piperidine rings is 1. The Bertz CT molecular complexity index is 1320. The van der Waals surface area contributed by atoms with Crippen LogP contribution in [0.4, 0.5) is 14.5 Å². The number of aromatic nitrogens is 2. The van der Waals surface area contributed by atoms with Gasteiger partial charge < -0.3 is 14.4 Å². The summed E-state index contributed by atoms with van der Waals surface area (Å²) in [7, 11) is -3.68. The minimum Gasteiger partial charge on any atom is -0.415 e. The van der Waals surface area contributed by atoms with Gasteiger partial charge in [-0.25, -0.2) is 8.42 Å². The maximum absolute atomic E-state index is 13.9. The van der Waals surface area contributed by atoms with Crippen LogP contribution in [0.1, 0.15) is 49.1 Å². The van der Waals surface area contributed by atoms with Crippen LogP contribution in [0.2, 0.25) is 0 Å². The fourth-order valence-electron chi connectivity index (χ4n) is 5.05. The monoisotopic (exact) mass is 532 g/mol. The van der Waals surface area contributed by atoms with Crippen molar-refractivity contribution in [2.75, 3.05) is 17.4 Å². The highest BCUT2D eigenvalue weighted by molar-refractivity contribution is 7.93. The van der Waals surface area contributed by atoms with Gasteiger partial charge in [-0.05, 0) is 81.1 Å². The molecule has 1 saturated heterocycles. The molecule has 198 valence electrons. The fraction of sp³-hybridized carbons (Fsp3) is 0.462. The van der Waals surface area contributed by atoms with Gasteiger partial charge in [0.2, 0.25) is 15.9 Å². The fourth-order valence-corrected chi connectivity index (χ4v) is 6.95. The third-order valence-electron chi connectivity index (χ3n) is 7.25. The molecule has 1 aromatic heterocycles. The molecule has 0 spiro atoms. The Labute approximate surface area is 215 Å². The predicted molar refractivity (Wildman–Crippen MR) is 135 cm³/mol. The lowest BCUT2D eigenvalue weighted by Gasteiger charge is -2.44. The number of rotatable bonds is 8. The van der Waals surface area contributed by atoms with E-state index in [-0.39, 0.29) is 18.5 Å². The summed E-state index contributed by atoms with van der Waals surface area (Å²) in [6.45, 7) is 3.45. The van der Waals surface area contributed by atoms with Gasteiger partial charge in [0.25, 0.3) is 5.89 Å². The van der Waals surface area contributed by atoms with Crippen LogP contribution in [0, 0.1) is 6.92 Å². The Morgan fingerprint density at radius 1 is 1.11 bits per heavy atom. The summed E-state index contributed by atoms with van der Waals surface area (Å²) in [4.78, 5) is 2.30. The SMILES string of the molecule is Cc1cccc(N(Cc2ccc(-c3nnc(C(F)F)o3)cc2)S(=O)(=O)C2CCN(C3CC(O)C3)CC2)c1.